The van der Waals surface area contributed by atoms with Crippen LogP contribution in [0.25, 0.3) is 0 Å². The smallest absolute Gasteiger partial charge is 0.131 e. The average Bonchev–Trinajstić information content (AvgIpc) is 2.72. The second-order valence-corrected chi connectivity index (χ2v) is 5.27. The van der Waals surface area contributed by atoms with Crippen LogP contribution in [-0.4, -0.2) is 4.98 Å². The lowest BCUT2D eigenvalue weighted by atomic mass is 10.1. The molecule has 1 aromatic carbocycles. The fourth-order valence-corrected chi connectivity index (χ4v) is 2.80. The maximum absolute atomic E-state index is 6.01. The van der Waals surface area contributed by atoms with Crippen LogP contribution < -0.4 is 5.32 Å². The number of aryl methyl sites for hydroxylation is 1. The van der Waals surface area contributed by atoms with E-state index in [0.29, 0.717) is 11.2 Å². The molecule has 0 saturated heterocycles. The van der Waals surface area contributed by atoms with Gasteiger partial charge in [0, 0.05) is 16.9 Å². The summed E-state index contributed by atoms with van der Waals surface area (Å²) in [4.78, 5) is 3.98. The van der Waals surface area contributed by atoms with Gasteiger partial charge in [0.15, 0.2) is 0 Å². The molecule has 0 aliphatic heterocycles. The lowest BCUT2D eigenvalue weighted by Gasteiger charge is -2.15. The van der Waals surface area contributed by atoms with Crippen molar-refractivity contribution in [1.82, 2.24) is 4.98 Å². The van der Waals surface area contributed by atoms with Crippen LogP contribution >= 0.6 is 23.2 Å². The Bertz CT molecular complexity index is 584. The maximum Gasteiger partial charge on any atom is 0.131 e. The van der Waals surface area contributed by atoms with Gasteiger partial charge in [-0.15, -0.1) is 0 Å². The highest BCUT2D eigenvalue weighted by atomic mass is 35.5. The number of halogens is 2. The van der Waals surface area contributed by atoms with E-state index in [-0.39, 0.29) is 0 Å². The summed E-state index contributed by atoms with van der Waals surface area (Å²) in [5.74, 6) is 0. The number of nitrogens with zero attached hydrogens (tertiary/aromatic N) is 1. The molecule has 0 radical (unpaired) electrons. The molecule has 0 saturated carbocycles. The second kappa shape index (κ2) is 4.79. The highest BCUT2D eigenvalue weighted by Crippen LogP contribution is 2.35. The van der Waals surface area contributed by atoms with Crippen molar-refractivity contribution in [3.05, 3.63) is 57.8 Å². The molecule has 92 valence electrons. The predicted octanol–water partition coefficient (Wildman–Crippen LogP) is 4.49. The monoisotopic (exact) mass is 278 g/mol. The van der Waals surface area contributed by atoms with E-state index < -0.39 is 0 Å². The minimum absolute atomic E-state index is 0.329. The summed E-state index contributed by atoms with van der Waals surface area (Å²) in [5, 5.41) is 4.81. The fraction of sp³-hybridized carbons (Fsp3) is 0.214. The van der Waals surface area contributed by atoms with Crippen molar-refractivity contribution in [1.29, 1.82) is 0 Å². The van der Waals surface area contributed by atoms with Crippen molar-refractivity contribution in [3.8, 4) is 0 Å². The molecule has 1 aliphatic carbocycles. The number of pyridine rings is 1. The van der Waals surface area contributed by atoms with Crippen LogP contribution in [0.2, 0.25) is 10.2 Å². The molecule has 1 heterocycles. The van der Waals surface area contributed by atoms with Crippen LogP contribution in [-0.2, 0) is 6.42 Å². The van der Waals surface area contributed by atoms with E-state index in [4.69, 9.17) is 23.2 Å². The molecule has 3 rings (SSSR count). The Kier molecular flexibility index (Phi) is 3.14. The minimum Gasteiger partial charge on any atom is -0.378 e. The van der Waals surface area contributed by atoms with Crippen molar-refractivity contribution in [2.75, 3.05) is 5.32 Å². The van der Waals surface area contributed by atoms with E-state index in [0.717, 1.165) is 23.6 Å². The Morgan fingerprint density at radius 3 is 2.89 bits per heavy atom. The summed E-state index contributed by atoms with van der Waals surface area (Å²) < 4.78 is 0. The molecule has 1 N–H and O–H groups in total. The molecule has 0 spiro atoms. The lowest BCUT2D eigenvalue weighted by Crippen LogP contribution is -2.07. The van der Waals surface area contributed by atoms with E-state index in [9.17, 15) is 0 Å². The van der Waals surface area contributed by atoms with Gasteiger partial charge in [-0.05, 0) is 48.2 Å². The van der Waals surface area contributed by atoms with E-state index in [1.807, 2.05) is 18.2 Å². The molecule has 1 unspecified atom stereocenters. The first kappa shape index (κ1) is 11.8. The molecule has 0 bridgehead atoms. The summed E-state index contributed by atoms with van der Waals surface area (Å²) >= 11 is 11.9. The minimum atomic E-state index is 0.329. The molecule has 1 aliphatic rings. The van der Waals surface area contributed by atoms with Gasteiger partial charge in [0.2, 0.25) is 0 Å². The van der Waals surface area contributed by atoms with Gasteiger partial charge < -0.3 is 5.32 Å². The summed E-state index contributed by atoms with van der Waals surface area (Å²) in [6, 6.07) is 10.2. The number of rotatable bonds is 2. The number of anilines is 1. The Morgan fingerprint density at radius 1 is 1.17 bits per heavy atom. The zero-order valence-electron chi connectivity index (χ0n) is 9.66. The molecule has 1 atom stereocenters. The molecule has 2 aromatic rings. The second-order valence-electron chi connectivity index (χ2n) is 4.45. The largest absolute Gasteiger partial charge is 0.378 e. The highest BCUT2D eigenvalue weighted by Gasteiger charge is 2.22. The zero-order chi connectivity index (χ0) is 12.5. The molecular formula is C14H12Cl2N2. The molecule has 18 heavy (non-hydrogen) atoms. The molecule has 2 nitrogen and oxygen atoms in total. The Morgan fingerprint density at radius 2 is 2.06 bits per heavy atom. The zero-order valence-corrected chi connectivity index (χ0v) is 11.2. The molecule has 0 fully saturated rings. The molecule has 4 heteroatoms. The summed E-state index contributed by atoms with van der Waals surface area (Å²) in [6.45, 7) is 0. The Hall–Kier alpha value is -1.25. The number of nitrogens with one attached hydrogen (secondary N) is 1. The number of hydrogen-bond acceptors (Lipinski definition) is 2. The fourth-order valence-electron chi connectivity index (χ4n) is 2.43. The number of fused-ring (bicyclic) bond motifs is 1. The van der Waals surface area contributed by atoms with E-state index in [1.54, 1.807) is 6.20 Å². The van der Waals surface area contributed by atoms with Gasteiger partial charge >= 0.3 is 0 Å². The van der Waals surface area contributed by atoms with Crippen LogP contribution in [0.5, 0.6) is 0 Å². The average molecular weight is 279 g/mol. The first-order chi connectivity index (χ1) is 8.72. The van der Waals surface area contributed by atoms with Gasteiger partial charge in [-0.25, -0.2) is 4.98 Å². The standard InChI is InChI=1S/C14H12Cl2N2/c15-10-2-3-12-9(7-10)1-4-13(12)18-11-5-6-17-14(16)8-11/h2-3,5-8,13H,1,4H2,(H,17,18). The van der Waals surface area contributed by atoms with Crippen molar-refractivity contribution < 1.29 is 0 Å². The number of aromatic nitrogens is 1. The van der Waals surface area contributed by atoms with Crippen LogP contribution in [0.15, 0.2) is 36.5 Å². The van der Waals surface area contributed by atoms with Gasteiger partial charge in [0.1, 0.15) is 5.15 Å². The summed E-state index contributed by atoms with van der Waals surface area (Å²) in [5.41, 5.74) is 3.66. The van der Waals surface area contributed by atoms with E-state index in [1.165, 1.54) is 11.1 Å². The topological polar surface area (TPSA) is 24.9 Å². The van der Waals surface area contributed by atoms with Gasteiger partial charge in [-0.2, -0.15) is 0 Å². The van der Waals surface area contributed by atoms with Crippen molar-refractivity contribution in [3.63, 3.8) is 0 Å². The molecule has 0 amide bonds. The number of benzene rings is 1. The van der Waals surface area contributed by atoms with E-state index in [2.05, 4.69) is 22.4 Å². The van der Waals surface area contributed by atoms with Crippen LogP contribution in [0, 0.1) is 0 Å². The quantitative estimate of drug-likeness (QED) is 0.819. The third-order valence-electron chi connectivity index (χ3n) is 3.25. The van der Waals surface area contributed by atoms with Gasteiger partial charge in [0.05, 0.1) is 6.04 Å². The SMILES string of the molecule is Clc1ccc2c(c1)CCC2Nc1ccnc(Cl)c1. The van der Waals surface area contributed by atoms with Crippen molar-refractivity contribution in [2.24, 2.45) is 0 Å². The Labute approximate surface area is 116 Å². The highest BCUT2D eigenvalue weighted by molar-refractivity contribution is 6.30. The predicted molar refractivity (Wildman–Crippen MR) is 75.4 cm³/mol. The summed E-state index contributed by atoms with van der Waals surface area (Å²) in [7, 11) is 0. The van der Waals surface area contributed by atoms with E-state index >= 15 is 0 Å². The third-order valence-corrected chi connectivity index (χ3v) is 3.69. The molecule has 1 aromatic heterocycles. The molecular weight excluding hydrogens is 267 g/mol. The lowest BCUT2D eigenvalue weighted by molar-refractivity contribution is 0.762. The third kappa shape index (κ3) is 2.31. The van der Waals surface area contributed by atoms with Crippen molar-refractivity contribution in [2.45, 2.75) is 18.9 Å². The Balaban J connectivity index is 1.85. The maximum atomic E-state index is 6.01. The van der Waals surface area contributed by atoms with Gasteiger partial charge in [0.25, 0.3) is 0 Å². The first-order valence-corrected chi connectivity index (χ1v) is 6.64. The van der Waals surface area contributed by atoms with Crippen LogP contribution in [0.3, 0.4) is 0 Å². The first-order valence-electron chi connectivity index (χ1n) is 5.89. The van der Waals surface area contributed by atoms with Gasteiger partial charge in [-0.1, -0.05) is 29.3 Å². The number of hydrogen-bond donors (Lipinski definition) is 1. The van der Waals surface area contributed by atoms with Crippen LogP contribution in [0.1, 0.15) is 23.6 Å². The normalized spacial score (nSPS) is 17.6. The van der Waals surface area contributed by atoms with Crippen molar-refractivity contribution >= 4 is 28.9 Å². The van der Waals surface area contributed by atoms with Crippen LogP contribution in [0.4, 0.5) is 5.69 Å². The summed E-state index contributed by atoms with van der Waals surface area (Å²) in [6.07, 6.45) is 3.85. The van der Waals surface area contributed by atoms with Gasteiger partial charge in [-0.3, -0.25) is 0 Å².